The van der Waals surface area contributed by atoms with E-state index in [-0.39, 0.29) is 23.1 Å². The van der Waals surface area contributed by atoms with Crippen molar-refractivity contribution in [2.24, 2.45) is 5.92 Å². The first-order valence-electron chi connectivity index (χ1n) is 10.7. The second-order valence-electron chi connectivity index (χ2n) is 8.48. The van der Waals surface area contributed by atoms with E-state index >= 15 is 0 Å². The van der Waals surface area contributed by atoms with Gasteiger partial charge in [0.25, 0.3) is 0 Å². The van der Waals surface area contributed by atoms with Crippen molar-refractivity contribution < 1.29 is 9.18 Å². The highest BCUT2D eigenvalue weighted by molar-refractivity contribution is 7.09. The summed E-state index contributed by atoms with van der Waals surface area (Å²) in [6, 6.07) is 6.79. The van der Waals surface area contributed by atoms with Crippen LogP contribution in [-0.2, 0) is 11.3 Å². The highest BCUT2D eigenvalue weighted by Crippen LogP contribution is 2.36. The minimum Gasteiger partial charge on any atom is -0.335 e. The van der Waals surface area contributed by atoms with E-state index in [2.05, 4.69) is 11.8 Å². The lowest BCUT2D eigenvalue weighted by Gasteiger charge is -2.37. The SMILES string of the molecule is CCC1CCC(N(C(=O)Cn2c(-c3ccc(F)cc3)c(C)sc2=O)C2CC2)CC1. The molecule has 2 aromatic rings. The fourth-order valence-electron chi connectivity index (χ4n) is 4.73. The molecule has 0 radical (unpaired) electrons. The van der Waals surface area contributed by atoms with E-state index in [1.165, 1.54) is 31.4 Å². The molecule has 0 bridgehead atoms. The van der Waals surface area contributed by atoms with Gasteiger partial charge in [0, 0.05) is 17.0 Å². The van der Waals surface area contributed by atoms with Crippen molar-refractivity contribution in [1.82, 2.24) is 9.47 Å². The number of carbonyl (C=O) groups is 1. The molecule has 2 fully saturated rings. The van der Waals surface area contributed by atoms with Gasteiger partial charge in [-0.05, 0) is 81.2 Å². The summed E-state index contributed by atoms with van der Waals surface area (Å²) in [5.74, 6) is 0.527. The van der Waals surface area contributed by atoms with Gasteiger partial charge < -0.3 is 4.90 Å². The van der Waals surface area contributed by atoms with Gasteiger partial charge in [-0.25, -0.2) is 4.39 Å². The Balaban J connectivity index is 1.57. The number of aryl methyl sites for hydroxylation is 1. The van der Waals surface area contributed by atoms with Crippen LogP contribution < -0.4 is 4.87 Å². The molecule has 156 valence electrons. The molecule has 0 unspecified atom stereocenters. The van der Waals surface area contributed by atoms with Crippen molar-refractivity contribution >= 4 is 17.2 Å². The van der Waals surface area contributed by atoms with E-state index < -0.39 is 0 Å². The molecule has 29 heavy (non-hydrogen) atoms. The molecule has 1 heterocycles. The summed E-state index contributed by atoms with van der Waals surface area (Å²) in [5.41, 5.74) is 1.51. The second-order valence-corrected chi connectivity index (χ2v) is 9.65. The van der Waals surface area contributed by atoms with Crippen molar-refractivity contribution in [3.05, 3.63) is 44.6 Å². The third-order valence-electron chi connectivity index (χ3n) is 6.49. The first-order valence-corrected chi connectivity index (χ1v) is 11.6. The van der Waals surface area contributed by atoms with Gasteiger partial charge in [-0.3, -0.25) is 14.2 Å². The van der Waals surface area contributed by atoms with Crippen molar-refractivity contribution in [1.29, 1.82) is 0 Å². The van der Waals surface area contributed by atoms with Crippen LogP contribution in [0.2, 0.25) is 0 Å². The summed E-state index contributed by atoms with van der Waals surface area (Å²) < 4.78 is 14.9. The van der Waals surface area contributed by atoms with Crippen molar-refractivity contribution in [2.45, 2.75) is 77.4 Å². The third kappa shape index (κ3) is 4.32. The summed E-state index contributed by atoms with van der Waals surface area (Å²) in [5, 5.41) is 0. The fraction of sp³-hybridized carbons (Fsp3) is 0.565. The first-order chi connectivity index (χ1) is 14.0. The largest absolute Gasteiger partial charge is 0.335 e. The molecule has 4 rings (SSSR count). The number of carbonyl (C=O) groups excluding carboxylic acids is 1. The summed E-state index contributed by atoms with van der Waals surface area (Å²) in [6.45, 7) is 4.20. The lowest BCUT2D eigenvalue weighted by atomic mass is 9.84. The number of thiazole rings is 1. The minimum atomic E-state index is -0.311. The molecular weight excluding hydrogens is 387 g/mol. The number of hydrogen-bond donors (Lipinski definition) is 0. The van der Waals surface area contributed by atoms with Gasteiger partial charge in [-0.15, -0.1) is 0 Å². The zero-order valence-corrected chi connectivity index (χ0v) is 18.0. The highest BCUT2D eigenvalue weighted by Gasteiger charge is 2.39. The van der Waals surface area contributed by atoms with Crippen molar-refractivity contribution in [3.63, 3.8) is 0 Å². The molecule has 0 atom stereocenters. The number of benzene rings is 1. The number of amides is 1. The normalized spacial score (nSPS) is 21.9. The van der Waals surface area contributed by atoms with Crippen molar-refractivity contribution in [3.8, 4) is 11.3 Å². The third-order valence-corrected chi connectivity index (χ3v) is 7.39. The number of nitrogens with zero attached hydrogens (tertiary/aromatic N) is 2. The molecule has 4 nitrogen and oxygen atoms in total. The van der Waals surface area contributed by atoms with Gasteiger partial charge in [-0.2, -0.15) is 0 Å². The van der Waals surface area contributed by atoms with Gasteiger partial charge in [0.1, 0.15) is 12.4 Å². The molecular formula is C23H29FN2O2S. The average molecular weight is 417 g/mol. The molecule has 0 spiro atoms. The predicted molar refractivity (Wildman–Crippen MR) is 115 cm³/mol. The van der Waals surface area contributed by atoms with Crippen LogP contribution in [0.3, 0.4) is 0 Å². The summed E-state index contributed by atoms with van der Waals surface area (Å²) in [4.78, 5) is 28.8. The molecule has 2 saturated carbocycles. The van der Waals surface area contributed by atoms with E-state index in [4.69, 9.17) is 0 Å². The van der Waals surface area contributed by atoms with Crippen LogP contribution in [-0.4, -0.2) is 27.5 Å². The van der Waals surface area contributed by atoms with Crippen LogP contribution in [0.4, 0.5) is 4.39 Å². The molecule has 2 aliphatic carbocycles. The molecule has 1 amide bonds. The molecule has 0 saturated heterocycles. The Bertz CT molecular complexity index is 921. The van der Waals surface area contributed by atoms with Crippen LogP contribution in [0.5, 0.6) is 0 Å². The first kappa shape index (κ1) is 20.3. The predicted octanol–water partition coefficient (Wildman–Crippen LogP) is 4.98. The topological polar surface area (TPSA) is 42.3 Å². The Morgan fingerprint density at radius 1 is 1.10 bits per heavy atom. The summed E-state index contributed by atoms with van der Waals surface area (Å²) in [7, 11) is 0. The lowest BCUT2D eigenvalue weighted by Crippen LogP contribution is -2.46. The smallest absolute Gasteiger partial charge is 0.308 e. The molecule has 0 aliphatic heterocycles. The Kier molecular flexibility index (Phi) is 5.91. The zero-order chi connectivity index (χ0) is 20.5. The molecule has 0 N–H and O–H groups in total. The van der Waals surface area contributed by atoms with Crippen LogP contribution >= 0.6 is 11.3 Å². The standard InChI is InChI=1S/C23H29FN2O2S/c1-3-16-4-10-19(11-5-16)26(20-12-13-20)21(27)14-25-22(15(2)29-23(25)28)17-6-8-18(24)9-7-17/h6-9,16,19-20H,3-5,10-14H2,1-2H3. The van der Waals surface area contributed by atoms with E-state index in [0.29, 0.717) is 12.1 Å². The number of rotatable bonds is 6. The van der Waals surface area contributed by atoms with E-state index in [0.717, 1.165) is 59.1 Å². The van der Waals surface area contributed by atoms with Gasteiger partial charge >= 0.3 is 4.87 Å². The lowest BCUT2D eigenvalue weighted by molar-refractivity contribution is -0.135. The maximum Gasteiger partial charge on any atom is 0.308 e. The second kappa shape index (κ2) is 8.42. The average Bonchev–Trinajstić information content (AvgIpc) is 3.50. The van der Waals surface area contributed by atoms with Gasteiger partial charge in [0.15, 0.2) is 0 Å². The summed E-state index contributed by atoms with van der Waals surface area (Å²) >= 11 is 1.15. The molecule has 1 aromatic heterocycles. The molecule has 2 aliphatic rings. The Morgan fingerprint density at radius 2 is 1.69 bits per heavy atom. The van der Waals surface area contributed by atoms with Gasteiger partial charge in [-0.1, -0.05) is 24.7 Å². The van der Waals surface area contributed by atoms with Crippen molar-refractivity contribution in [2.75, 3.05) is 0 Å². The number of hydrogen-bond acceptors (Lipinski definition) is 3. The number of halogens is 1. The minimum absolute atomic E-state index is 0.0516. The van der Waals surface area contributed by atoms with E-state index in [1.807, 2.05) is 6.92 Å². The quantitative estimate of drug-likeness (QED) is 0.666. The van der Waals surface area contributed by atoms with Gasteiger partial charge in [0.2, 0.25) is 5.91 Å². The zero-order valence-electron chi connectivity index (χ0n) is 17.2. The van der Waals surface area contributed by atoms with Crippen LogP contribution in [0.15, 0.2) is 29.1 Å². The molecule has 6 heteroatoms. The van der Waals surface area contributed by atoms with Gasteiger partial charge in [0.05, 0.1) is 5.69 Å². The monoisotopic (exact) mass is 416 g/mol. The molecule has 1 aromatic carbocycles. The maximum atomic E-state index is 13.4. The highest BCUT2D eigenvalue weighted by atomic mass is 32.1. The van der Waals surface area contributed by atoms with Crippen LogP contribution in [0.25, 0.3) is 11.3 Å². The fourth-order valence-corrected chi connectivity index (χ4v) is 5.59. The van der Waals surface area contributed by atoms with E-state index in [9.17, 15) is 14.0 Å². The Morgan fingerprint density at radius 3 is 2.24 bits per heavy atom. The number of aromatic nitrogens is 1. The van der Waals surface area contributed by atoms with Crippen LogP contribution in [0, 0.1) is 18.7 Å². The maximum absolute atomic E-state index is 13.4. The Hall–Kier alpha value is -1.95. The summed E-state index contributed by atoms with van der Waals surface area (Å²) in [6.07, 6.45) is 7.89. The Labute approximate surface area is 175 Å². The van der Waals surface area contributed by atoms with E-state index in [1.54, 1.807) is 16.7 Å². The van der Waals surface area contributed by atoms with Crippen LogP contribution in [0.1, 0.15) is 56.7 Å².